The van der Waals surface area contributed by atoms with Gasteiger partial charge < -0.3 is 16.8 Å². The SMILES string of the molecule is CCCC(CCN)CNc1ccc(C(N)=O)cn1. The Kier molecular flexibility index (Phi) is 6.14. The van der Waals surface area contributed by atoms with Crippen molar-refractivity contribution >= 4 is 11.7 Å². The summed E-state index contributed by atoms with van der Waals surface area (Å²) in [5.41, 5.74) is 11.2. The van der Waals surface area contributed by atoms with Crippen molar-refractivity contribution in [2.75, 3.05) is 18.4 Å². The molecule has 0 aliphatic heterocycles. The number of pyridine rings is 1. The van der Waals surface area contributed by atoms with E-state index in [4.69, 9.17) is 11.5 Å². The molecule has 5 heteroatoms. The number of anilines is 1. The first kappa shape index (κ1) is 14.4. The number of nitrogens with zero attached hydrogens (tertiary/aromatic N) is 1. The highest BCUT2D eigenvalue weighted by Crippen LogP contribution is 2.12. The molecule has 100 valence electrons. The van der Waals surface area contributed by atoms with Crippen LogP contribution >= 0.6 is 0 Å². The molecule has 0 spiro atoms. The van der Waals surface area contributed by atoms with Gasteiger partial charge in [0, 0.05) is 12.7 Å². The maximum atomic E-state index is 10.9. The summed E-state index contributed by atoms with van der Waals surface area (Å²) >= 11 is 0. The van der Waals surface area contributed by atoms with Crippen molar-refractivity contribution in [1.29, 1.82) is 0 Å². The molecule has 1 atom stereocenters. The lowest BCUT2D eigenvalue weighted by molar-refractivity contribution is 0.1000. The number of aromatic nitrogens is 1. The van der Waals surface area contributed by atoms with Crippen LogP contribution in [-0.2, 0) is 0 Å². The molecule has 1 aromatic rings. The third-order valence-electron chi connectivity index (χ3n) is 2.89. The van der Waals surface area contributed by atoms with Gasteiger partial charge in [-0.2, -0.15) is 0 Å². The largest absolute Gasteiger partial charge is 0.370 e. The number of rotatable bonds is 8. The first-order valence-corrected chi connectivity index (χ1v) is 6.37. The van der Waals surface area contributed by atoms with Gasteiger partial charge >= 0.3 is 0 Å². The van der Waals surface area contributed by atoms with Crippen molar-refractivity contribution < 1.29 is 4.79 Å². The second-order valence-electron chi connectivity index (χ2n) is 4.41. The lowest BCUT2D eigenvalue weighted by Gasteiger charge is -2.16. The first-order valence-electron chi connectivity index (χ1n) is 6.37. The fourth-order valence-corrected chi connectivity index (χ4v) is 1.89. The summed E-state index contributed by atoms with van der Waals surface area (Å²) in [6.07, 6.45) is 4.81. The van der Waals surface area contributed by atoms with Gasteiger partial charge in [-0.05, 0) is 37.4 Å². The summed E-state index contributed by atoms with van der Waals surface area (Å²) in [5.74, 6) is 0.872. The van der Waals surface area contributed by atoms with E-state index in [1.807, 2.05) is 0 Å². The van der Waals surface area contributed by atoms with Crippen LogP contribution in [0.4, 0.5) is 5.82 Å². The van der Waals surface area contributed by atoms with E-state index in [1.165, 1.54) is 6.20 Å². The number of carbonyl (C=O) groups excluding carboxylic acids is 1. The zero-order chi connectivity index (χ0) is 13.4. The van der Waals surface area contributed by atoms with Gasteiger partial charge in [-0.1, -0.05) is 13.3 Å². The third kappa shape index (κ3) is 4.71. The number of nitrogens with two attached hydrogens (primary N) is 2. The fraction of sp³-hybridized carbons (Fsp3) is 0.538. The summed E-state index contributed by atoms with van der Waals surface area (Å²) in [7, 11) is 0. The summed E-state index contributed by atoms with van der Waals surface area (Å²) in [4.78, 5) is 15.0. The molecule has 1 unspecified atom stereocenters. The molecular weight excluding hydrogens is 228 g/mol. The number of hydrogen-bond acceptors (Lipinski definition) is 4. The Labute approximate surface area is 108 Å². The molecule has 1 amide bonds. The van der Waals surface area contributed by atoms with Crippen LogP contribution in [0.5, 0.6) is 0 Å². The van der Waals surface area contributed by atoms with Gasteiger partial charge in [-0.15, -0.1) is 0 Å². The lowest BCUT2D eigenvalue weighted by Crippen LogP contribution is -2.18. The van der Waals surface area contributed by atoms with Crippen molar-refractivity contribution in [1.82, 2.24) is 4.98 Å². The predicted octanol–water partition coefficient (Wildman–Crippen LogP) is 1.36. The molecule has 0 bridgehead atoms. The Bertz CT molecular complexity index is 358. The van der Waals surface area contributed by atoms with Crippen LogP contribution in [-0.4, -0.2) is 24.0 Å². The van der Waals surface area contributed by atoms with Crippen LogP contribution in [0.15, 0.2) is 18.3 Å². The normalized spacial score (nSPS) is 12.1. The molecule has 0 aromatic carbocycles. The molecule has 0 radical (unpaired) electrons. The van der Waals surface area contributed by atoms with Gasteiger partial charge in [-0.25, -0.2) is 4.98 Å². The molecule has 5 nitrogen and oxygen atoms in total. The second-order valence-corrected chi connectivity index (χ2v) is 4.41. The highest BCUT2D eigenvalue weighted by molar-refractivity contribution is 5.92. The van der Waals surface area contributed by atoms with E-state index in [-0.39, 0.29) is 0 Å². The monoisotopic (exact) mass is 250 g/mol. The molecule has 1 rings (SSSR count). The summed E-state index contributed by atoms with van der Waals surface area (Å²) < 4.78 is 0. The minimum Gasteiger partial charge on any atom is -0.370 e. The van der Waals surface area contributed by atoms with E-state index < -0.39 is 5.91 Å². The van der Waals surface area contributed by atoms with Gasteiger partial charge in [0.2, 0.25) is 5.91 Å². The average molecular weight is 250 g/mol. The topological polar surface area (TPSA) is 94.0 Å². The summed E-state index contributed by atoms with van der Waals surface area (Å²) in [5, 5.41) is 3.26. The average Bonchev–Trinajstić information content (AvgIpc) is 2.37. The van der Waals surface area contributed by atoms with Crippen molar-refractivity contribution in [3.8, 4) is 0 Å². The molecule has 1 heterocycles. The number of primary amides is 1. The zero-order valence-electron chi connectivity index (χ0n) is 10.9. The van der Waals surface area contributed by atoms with Gasteiger partial charge in [0.05, 0.1) is 5.56 Å². The van der Waals surface area contributed by atoms with Crippen LogP contribution < -0.4 is 16.8 Å². The van der Waals surface area contributed by atoms with Gasteiger partial charge in [0.1, 0.15) is 5.82 Å². The van der Waals surface area contributed by atoms with Gasteiger partial charge in [0.15, 0.2) is 0 Å². The van der Waals surface area contributed by atoms with Crippen molar-refractivity contribution in [3.05, 3.63) is 23.9 Å². The molecule has 0 fully saturated rings. The van der Waals surface area contributed by atoms with E-state index in [9.17, 15) is 4.79 Å². The minimum atomic E-state index is -0.457. The summed E-state index contributed by atoms with van der Waals surface area (Å²) in [6, 6.07) is 3.45. The quantitative estimate of drug-likeness (QED) is 0.649. The molecule has 0 saturated heterocycles. The van der Waals surface area contributed by atoms with Crippen molar-refractivity contribution in [3.63, 3.8) is 0 Å². The fourth-order valence-electron chi connectivity index (χ4n) is 1.89. The third-order valence-corrected chi connectivity index (χ3v) is 2.89. The molecule has 1 aromatic heterocycles. The Balaban J connectivity index is 2.48. The van der Waals surface area contributed by atoms with Crippen LogP contribution in [0, 0.1) is 5.92 Å². The molecule has 0 aliphatic rings. The highest BCUT2D eigenvalue weighted by atomic mass is 16.1. The van der Waals surface area contributed by atoms with Gasteiger partial charge in [0.25, 0.3) is 0 Å². The number of amides is 1. The molecule has 0 aliphatic carbocycles. The van der Waals surface area contributed by atoms with E-state index in [1.54, 1.807) is 12.1 Å². The van der Waals surface area contributed by atoms with Gasteiger partial charge in [-0.3, -0.25) is 4.79 Å². The van der Waals surface area contributed by atoms with E-state index in [0.717, 1.165) is 31.6 Å². The first-order chi connectivity index (χ1) is 8.67. The highest BCUT2D eigenvalue weighted by Gasteiger charge is 2.07. The Morgan fingerprint density at radius 3 is 2.72 bits per heavy atom. The standard InChI is InChI=1S/C13H22N4O/c1-2-3-10(6-7-14)8-16-12-5-4-11(9-17-12)13(15)18/h4-5,9-10H,2-3,6-8,14H2,1H3,(H2,15,18)(H,16,17). The minimum absolute atomic E-state index is 0.424. The zero-order valence-corrected chi connectivity index (χ0v) is 10.9. The second kappa shape index (κ2) is 7.66. The summed E-state index contributed by atoms with van der Waals surface area (Å²) in [6.45, 7) is 3.73. The Morgan fingerprint density at radius 2 is 2.22 bits per heavy atom. The van der Waals surface area contributed by atoms with Crippen LogP contribution in [0.2, 0.25) is 0 Å². The van der Waals surface area contributed by atoms with Crippen LogP contribution in [0.25, 0.3) is 0 Å². The van der Waals surface area contributed by atoms with Crippen LogP contribution in [0.1, 0.15) is 36.5 Å². The van der Waals surface area contributed by atoms with Crippen molar-refractivity contribution in [2.24, 2.45) is 17.4 Å². The Morgan fingerprint density at radius 1 is 1.44 bits per heavy atom. The Hall–Kier alpha value is -1.62. The number of nitrogens with one attached hydrogen (secondary N) is 1. The molecule has 18 heavy (non-hydrogen) atoms. The lowest BCUT2D eigenvalue weighted by atomic mass is 10.00. The van der Waals surface area contributed by atoms with Crippen LogP contribution in [0.3, 0.4) is 0 Å². The van der Waals surface area contributed by atoms with E-state index in [2.05, 4.69) is 17.2 Å². The number of carbonyl (C=O) groups is 1. The van der Waals surface area contributed by atoms with E-state index in [0.29, 0.717) is 18.0 Å². The molecular formula is C13H22N4O. The predicted molar refractivity (Wildman–Crippen MR) is 73.3 cm³/mol. The molecule has 5 N–H and O–H groups in total. The number of hydrogen-bond donors (Lipinski definition) is 3. The smallest absolute Gasteiger partial charge is 0.250 e. The maximum Gasteiger partial charge on any atom is 0.250 e. The van der Waals surface area contributed by atoms with E-state index >= 15 is 0 Å². The van der Waals surface area contributed by atoms with Crippen molar-refractivity contribution in [2.45, 2.75) is 26.2 Å². The molecule has 0 saturated carbocycles. The maximum absolute atomic E-state index is 10.9.